The van der Waals surface area contributed by atoms with Crippen LogP contribution < -0.4 is 10.9 Å². The molecule has 0 saturated carbocycles. The third kappa shape index (κ3) is 3.92. The number of rotatable bonds is 5. The van der Waals surface area contributed by atoms with Crippen molar-refractivity contribution in [1.82, 2.24) is 15.2 Å². The lowest BCUT2D eigenvalue weighted by Gasteiger charge is -2.19. The van der Waals surface area contributed by atoms with Crippen LogP contribution in [0, 0.1) is 13.8 Å². The summed E-state index contributed by atoms with van der Waals surface area (Å²) in [5.74, 6) is 0. The summed E-state index contributed by atoms with van der Waals surface area (Å²) < 4.78 is 0. The number of nitrogens with one attached hydrogen (secondary N) is 2. The Balaban J connectivity index is 2.13. The topological polar surface area (TPSA) is 65.2 Å². The van der Waals surface area contributed by atoms with Crippen molar-refractivity contribution in [2.45, 2.75) is 34.1 Å². The van der Waals surface area contributed by atoms with E-state index in [1.807, 2.05) is 33.8 Å². The number of nitrogens with zero attached hydrogens (tertiary/aromatic N) is 1. The van der Waals surface area contributed by atoms with E-state index in [0.717, 1.165) is 16.5 Å². The summed E-state index contributed by atoms with van der Waals surface area (Å²) >= 11 is 0. The number of hydrogen-bond acceptors (Lipinski definition) is 2. The van der Waals surface area contributed by atoms with Crippen molar-refractivity contribution in [3.05, 3.63) is 45.2 Å². The molecular formula is C18H25N3O2. The number of amides is 2. The summed E-state index contributed by atoms with van der Waals surface area (Å²) in [6, 6.07) is 5.97. The molecule has 5 heteroatoms. The molecule has 0 unspecified atom stereocenters. The first kappa shape index (κ1) is 17.1. The van der Waals surface area contributed by atoms with Gasteiger partial charge in [0.15, 0.2) is 0 Å². The Labute approximate surface area is 136 Å². The van der Waals surface area contributed by atoms with E-state index in [1.54, 1.807) is 4.90 Å². The molecule has 0 bridgehead atoms. The number of carbonyl (C=O) groups excluding carboxylic acids is 1. The van der Waals surface area contributed by atoms with Gasteiger partial charge in [-0.3, -0.25) is 4.79 Å². The number of benzene rings is 1. The molecule has 23 heavy (non-hydrogen) atoms. The van der Waals surface area contributed by atoms with E-state index in [2.05, 4.69) is 22.4 Å². The minimum atomic E-state index is -0.0843. The minimum Gasteiger partial charge on any atom is -0.338 e. The maximum atomic E-state index is 12.2. The normalized spacial score (nSPS) is 10.8. The Morgan fingerprint density at radius 2 is 1.87 bits per heavy atom. The summed E-state index contributed by atoms with van der Waals surface area (Å²) in [6.07, 6.45) is 0.519. The fourth-order valence-electron chi connectivity index (χ4n) is 2.84. The molecule has 0 aliphatic heterocycles. The molecule has 2 N–H and O–H groups in total. The first-order valence-corrected chi connectivity index (χ1v) is 8.12. The number of H-pyrrole nitrogens is 1. The van der Waals surface area contributed by atoms with E-state index < -0.39 is 0 Å². The van der Waals surface area contributed by atoms with Crippen molar-refractivity contribution in [3.63, 3.8) is 0 Å². The highest BCUT2D eigenvalue weighted by molar-refractivity contribution is 5.82. The summed E-state index contributed by atoms with van der Waals surface area (Å²) in [4.78, 5) is 28.8. The molecule has 0 spiro atoms. The van der Waals surface area contributed by atoms with Gasteiger partial charge in [0.2, 0.25) is 0 Å². The Morgan fingerprint density at radius 3 is 2.52 bits per heavy atom. The fraction of sp³-hybridized carbons (Fsp3) is 0.444. The van der Waals surface area contributed by atoms with Crippen molar-refractivity contribution in [2.24, 2.45) is 0 Å². The molecule has 0 atom stereocenters. The van der Waals surface area contributed by atoms with Crippen LogP contribution in [-0.2, 0) is 6.42 Å². The third-order valence-electron chi connectivity index (χ3n) is 4.09. The lowest BCUT2D eigenvalue weighted by atomic mass is 10.0. The average Bonchev–Trinajstić information content (AvgIpc) is 2.50. The Kier molecular flexibility index (Phi) is 5.42. The quantitative estimate of drug-likeness (QED) is 0.891. The van der Waals surface area contributed by atoms with Gasteiger partial charge in [-0.05, 0) is 57.2 Å². The Bertz CT molecular complexity index is 761. The third-order valence-corrected chi connectivity index (χ3v) is 4.09. The van der Waals surface area contributed by atoms with Crippen LogP contribution >= 0.6 is 0 Å². The minimum absolute atomic E-state index is 0.0819. The van der Waals surface area contributed by atoms with Gasteiger partial charge < -0.3 is 15.2 Å². The second-order valence-corrected chi connectivity index (χ2v) is 5.82. The van der Waals surface area contributed by atoms with Gasteiger partial charge in [-0.15, -0.1) is 0 Å². The van der Waals surface area contributed by atoms with E-state index in [4.69, 9.17) is 0 Å². The Hall–Kier alpha value is -2.30. The van der Waals surface area contributed by atoms with Crippen LogP contribution in [0.2, 0.25) is 0 Å². The molecule has 124 valence electrons. The molecule has 5 nitrogen and oxygen atoms in total. The first-order valence-electron chi connectivity index (χ1n) is 8.12. The van der Waals surface area contributed by atoms with Crippen molar-refractivity contribution in [2.75, 3.05) is 19.6 Å². The van der Waals surface area contributed by atoms with E-state index in [9.17, 15) is 9.59 Å². The monoisotopic (exact) mass is 315 g/mol. The molecule has 0 aliphatic carbocycles. The van der Waals surface area contributed by atoms with Crippen LogP contribution in [0.15, 0.2) is 23.0 Å². The smallest absolute Gasteiger partial charge is 0.317 e. The summed E-state index contributed by atoms with van der Waals surface area (Å²) in [6.45, 7) is 9.74. The molecule has 2 amide bonds. The number of pyridine rings is 1. The SMILES string of the molecule is CCN(CC)C(=O)NCCc1cc2cc(C)cc(C)c2[nH]c1=O. The lowest BCUT2D eigenvalue weighted by Crippen LogP contribution is -2.40. The van der Waals surface area contributed by atoms with Crippen molar-refractivity contribution in [1.29, 1.82) is 0 Å². The lowest BCUT2D eigenvalue weighted by molar-refractivity contribution is 0.203. The average molecular weight is 315 g/mol. The fourth-order valence-corrected chi connectivity index (χ4v) is 2.84. The second kappa shape index (κ2) is 7.31. The largest absolute Gasteiger partial charge is 0.338 e. The number of aromatic amines is 1. The van der Waals surface area contributed by atoms with Crippen LogP contribution in [0.5, 0.6) is 0 Å². The molecule has 0 saturated heterocycles. The van der Waals surface area contributed by atoms with Gasteiger partial charge in [0.05, 0.1) is 5.52 Å². The van der Waals surface area contributed by atoms with Gasteiger partial charge in [-0.25, -0.2) is 4.79 Å². The van der Waals surface area contributed by atoms with Gasteiger partial charge in [0.25, 0.3) is 5.56 Å². The molecule has 2 aromatic rings. The van der Waals surface area contributed by atoms with Crippen LogP contribution in [0.4, 0.5) is 4.79 Å². The number of carbonyl (C=O) groups is 1. The van der Waals surface area contributed by atoms with E-state index in [-0.39, 0.29) is 11.6 Å². The molecule has 1 aromatic carbocycles. The second-order valence-electron chi connectivity index (χ2n) is 5.82. The van der Waals surface area contributed by atoms with Crippen LogP contribution in [0.3, 0.4) is 0 Å². The highest BCUT2D eigenvalue weighted by Crippen LogP contribution is 2.18. The number of hydrogen-bond donors (Lipinski definition) is 2. The summed E-state index contributed by atoms with van der Waals surface area (Å²) in [5, 5.41) is 3.90. The van der Waals surface area contributed by atoms with Gasteiger partial charge in [-0.2, -0.15) is 0 Å². The number of fused-ring (bicyclic) bond motifs is 1. The van der Waals surface area contributed by atoms with Crippen molar-refractivity contribution >= 4 is 16.9 Å². The number of aromatic nitrogens is 1. The zero-order valence-electron chi connectivity index (χ0n) is 14.3. The molecule has 0 aliphatic rings. The zero-order valence-corrected chi connectivity index (χ0v) is 14.3. The van der Waals surface area contributed by atoms with Crippen molar-refractivity contribution < 1.29 is 4.79 Å². The molecule has 0 radical (unpaired) electrons. The van der Waals surface area contributed by atoms with E-state index in [0.29, 0.717) is 31.6 Å². The molecular weight excluding hydrogens is 290 g/mol. The maximum Gasteiger partial charge on any atom is 0.317 e. The van der Waals surface area contributed by atoms with Crippen LogP contribution in [-0.4, -0.2) is 35.5 Å². The van der Waals surface area contributed by atoms with E-state index in [1.165, 1.54) is 5.56 Å². The van der Waals surface area contributed by atoms with Gasteiger partial charge >= 0.3 is 6.03 Å². The molecule has 2 rings (SSSR count). The maximum absolute atomic E-state index is 12.2. The predicted molar refractivity (Wildman–Crippen MR) is 94.1 cm³/mol. The molecule has 1 heterocycles. The van der Waals surface area contributed by atoms with E-state index >= 15 is 0 Å². The van der Waals surface area contributed by atoms with Gasteiger partial charge in [0.1, 0.15) is 0 Å². The zero-order chi connectivity index (χ0) is 17.0. The molecule has 0 fully saturated rings. The van der Waals surface area contributed by atoms with Crippen molar-refractivity contribution in [3.8, 4) is 0 Å². The highest BCUT2D eigenvalue weighted by Gasteiger charge is 2.09. The number of urea groups is 1. The number of aryl methyl sites for hydroxylation is 2. The highest BCUT2D eigenvalue weighted by atomic mass is 16.2. The molecule has 1 aromatic heterocycles. The Morgan fingerprint density at radius 1 is 1.17 bits per heavy atom. The van der Waals surface area contributed by atoms with Gasteiger partial charge in [0, 0.05) is 25.2 Å². The summed E-state index contributed by atoms with van der Waals surface area (Å²) in [5.41, 5.74) is 3.74. The van der Waals surface area contributed by atoms with Crippen LogP contribution in [0.25, 0.3) is 10.9 Å². The summed E-state index contributed by atoms with van der Waals surface area (Å²) in [7, 11) is 0. The van der Waals surface area contributed by atoms with Crippen LogP contribution in [0.1, 0.15) is 30.5 Å². The van der Waals surface area contributed by atoms with Gasteiger partial charge in [-0.1, -0.05) is 11.6 Å². The standard InChI is InChI=1S/C18H25N3O2/c1-5-21(6-2)18(23)19-8-7-14-11-15-10-12(3)9-13(4)16(15)20-17(14)22/h9-11H,5-8H2,1-4H3,(H,19,23)(H,20,22). The first-order chi connectivity index (χ1) is 11.0. The predicted octanol–water partition coefficient (Wildman–Crippen LogP) is 2.74.